The van der Waals surface area contributed by atoms with Gasteiger partial charge in [-0.1, -0.05) is 41.9 Å². The average molecular weight is 557 g/mol. The quantitative estimate of drug-likeness (QED) is 0.219. The Hall–Kier alpha value is -3.44. The number of nitrogens with one attached hydrogen (secondary N) is 2. The summed E-state index contributed by atoms with van der Waals surface area (Å²) < 4.78 is 34.7. The number of carbonyl (C=O) groups excluding carboxylic acids is 1. The van der Waals surface area contributed by atoms with Gasteiger partial charge in [-0.15, -0.1) is 0 Å². The van der Waals surface area contributed by atoms with E-state index in [1.807, 2.05) is 18.4 Å². The molecule has 11 heteroatoms. The van der Waals surface area contributed by atoms with Gasteiger partial charge in [-0.2, -0.15) is 0 Å². The predicted octanol–water partition coefficient (Wildman–Crippen LogP) is 4.52. The highest BCUT2D eigenvalue weighted by Gasteiger charge is 2.21. The summed E-state index contributed by atoms with van der Waals surface area (Å²) in [5.74, 6) is 0.257. The fraction of sp³-hybridized carbons (Fsp3) is 0.259. The summed E-state index contributed by atoms with van der Waals surface area (Å²) in [6.07, 6.45) is 1.57. The van der Waals surface area contributed by atoms with E-state index in [9.17, 15) is 18.3 Å². The molecule has 4 rings (SSSR count). The van der Waals surface area contributed by atoms with Crippen LogP contribution in [0.1, 0.15) is 31.9 Å². The van der Waals surface area contributed by atoms with Gasteiger partial charge in [-0.05, 0) is 56.2 Å². The third kappa shape index (κ3) is 6.70. The van der Waals surface area contributed by atoms with Gasteiger partial charge in [0.2, 0.25) is 0 Å². The lowest BCUT2D eigenvalue weighted by Gasteiger charge is -2.28. The topological polar surface area (TPSA) is 123 Å². The van der Waals surface area contributed by atoms with Gasteiger partial charge in [0.05, 0.1) is 33.4 Å². The number of imidazole rings is 1. The number of β-amino-alcohol motifs (C(OH)–C–C–N with tert-alkyl or cyclic N) is 1. The summed E-state index contributed by atoms with van der Waals surface area (Å²) >= 11 is 6.22. The number of benzene rings is 3. The molecule has 9 nitrogen and oxygen atoms in total. The Bertz CT molecular complexity index is 1520. The lowest BCUT2D eigenvalue weighted by Crippen LogP contribution is -2.42. The first-order valence-electron chi connectivity index (χ1n) is 11.9. The number of sulfonamides is 1. The molecule has 0 radical (unpaired) electrons. The maximum absolute atomic E-state index is 12.6. The molecule has 0 aliphatic carbocycles. The molecular weight excluding hydrogens is 528 g/mol. The van der Waals surface area contributed by atoms with Crippen LogP contribution in [0.5, 0.6) is 5.75 Å². The van der Waals surface area contributed by atoms with Crippen LogP contribution in [0.15, 0.2) is 78.0 Å². The second kappa shape index (κ2) is 11.5. The summed E-state index contributed by atoms with van der Waals surface area (Å²) in [7, 11) is -3.73. The number of carbonyl (C=O) groups is 1. The first kappa shape index (κ1) is 27.6. The minimum atomic E-state index is -3.73. The summed E-state index contributed by atoms with van der Waals surface area (Å²) in [6, 6.07) is 18.2. The first-order valence-corrected chi connectivity index (χ1v) is 13.8. The van der Waals surface area contributed by atoms with Crippen molar-refractivity contribution < 1.29 is 23.1 Å². The Kier molecular flexibility index (Phi) is 8.37. The maximum Gasteiger partial charge on any atom is 0.298 e. The minimum absolute atomic E-state index is 0.164. The van der Waals surface area contributed by atoms with Crippen molar-refractivity contribution >= 4 is 44.8 Å². The van der Waals surface area contributed by atoms with Crippen LogP contribution >= 0.6 is 11.6 Å². The smallest absolute Gasteiger partial charge is 0.298 e. The van der Waals surface area contributed by atoms with Gasteiger partial charge in [0.1, 0.15) is 0 Å². The van der Waals surface area contributed by atoms with Crippen molar-refractivity contribution in [2.75, 3.05) is 11.3 Å². The van der Waals surface area contributed by atoms with Crippen molar-refractivity contribution in [1.82, 2.24) is 14.9 Å². The van der Waals surface area contributed by atoms with Crippen LogP contribution in [0, 0.1) is 0 Å². The zero-order valence-corrected chi connectivity index (χ0v) is 22.5. The molecule has 0 aliphatic rings. The Morgan fingerprint density at radius 2 is 1.89 bits per heavy atom. The third-order valence-electron chi connectivity index (χ3n) is 6.18. The second-order valence-corrected chi connectivity index (χ2v) is 11.6. The number of aliphatic hydroxyl groups is 1. The van der Waals surface area contributed by atoms with E-state index in [4.69, 9.17) is 16.3 Å². The highest BCUT2D eigenvalue weighted by Crippen LogP contribution is 2.30. The second-order valence-electron chi connectivity index (χ2n) is 9.50. The van der Waals surface area contributed by atoms with Crippen molar-refractivity contribution in [3.63, 3.8) is 0 Å². The van der Waals surface area contributed by atoms with E-state index >= 15 is 0 Å². The highest BCUT2D eigenvalue weighted by molar-refractivity contribution is 7.92. The van der Waals surface area contributed by atoms with Crippen LogP contribution in [0.2, 0.25) is 5.02 Å². The lowest BCUT2D eigenvalue weighted by molar-refractivity contribution is -0.120. The van der Waals surface area contributed by atoms with Crippen LogP contribution in [-0.4, -0.2) is 41.6 Å². The molecule has 1 heterocycles. The lowest BCUT2D eigenvalue weighted by atomic mass is 9.99. The van der Waals surface area contributed by atoms with E-state index in [0.717, 1.165) is 5.52 Å². The normalized spacial score (nSPS) is 12.8. The van der Waals surface area contributed by atoms with Gasteiger partial charge in [-0.3, -0.25) is 9.52 Å². The number of hydrogen-bond donors (Lipinski definition) is 3. The van der Waals surface area contributed by atoms with Gasteiger partial charge in [-0.25, -0.2) is 13.4 Å². The average Bonchev–Trinajstić information content (AvgIpc) is 3.28. The number of aryl methyl sites for hydroxylation is 1. The largest absolute Gasteiger partial charge is 0.427 e. The first-order chi connectivity index (χ1) is 18.1. The Balaban J connectivity index is 1.36. The van der Waals surface area contributed by atoms with Gasteiger partial charge >= 0.3 is 0 Å². The van der Waals surface area contributed by atoms with Gasteiger partial charge < -0.3 is 19.7 Å². The zero-order chi connectivity index (χ0) is 27.3. The molecular formula is C27H29ClN4O5S. The van der Waals surface area contributed by atoms with E-state index in [0.29, 0.717) is 41.2 Å². The monoisotopic (exact) mass is 556 g/mol. The molecule has 200 valence electrons. The Morgan fingerprint density at radius 3 is 2.63 bits per heavy atom. The summed E-state index contributed by atoms with van der Waals surface area (Å²) in [6.45, 7) is 5.29. The van der Waals surface area contributed by atoms with E-state index in [-0.39, 0.29) is 22.7 Å². The molecule has 4 aromatic rings. The maximum atomic E-state index is 12.6. The summed E-state index contributed by atoms with van der Waals surface area (Å²) in [5.41, 5.74) is 2.10. The number of anilines is 1. The molecule has 3 aromatic carbocycles. The molecule has 0 aliphatic heterocycles. The highest BCUT2D eigenvalue weighted by atomic mass is 35.5. The van der Waals surface area contributed by atoms with E-state index in [1.165, 1.54) is 12.1 Å². The van der Waals surface area contributed by atoms with Crippen molar-refractivity contribution in [2.45, 2.75) is 43.4 Å². The Labute approximate surface area is 226 Å². The number of rotatable bonds is 12. The number of nitrogens with zero attached hydrogens (tertiary/aromatic N) is 2. The van der Waals surface area contributed by atoms with Crippen molar-refractivity contribution in [2.24, 2.45) is 0 Å². The molecule has 0 saturated heterocycles. The van der Waals surface area contributed by atoms with Crippen LogP contribution in [0.3, 0.4) is 0 Å². The molecule has 38 heavy (non-hydrogen) atoms. The van der Waals surface area contributed by atoms with Gasteiger partial charge in [0, 0.05) is 30.4 Å². The van der Waals surface area contributed by atoms with Crippen molar-refractivity contribution in [1.29, 1.82) is 0 Å². The number of aliphatic hydroxyl groups excluding tert-OH is 1. The molecule has 1 aromatic heterocycles. The van der Waals surface area contributed by atoms with E-state index in [1.54, 1.807) is 60.9 Å². The third-order valence-corrected chi connectivity index (χ3v) is 7.87. The molecule has 3 N–H and O–H groups in total. The van der Waals surface area contributed by atoms with E-state index in [2.05, 4.69) is 15.0 Å². The van der Waals surface area contributed by atoms with Crippen LogP contribution < -0.4 is 14.8 Å². The number of hydrogen-bond acceptors (Lipinski definition) is 7. The Morgan fingerprint density at radius 1 is 1.13 bits per heavy atom. The summed E-state index contributed by atoms with van der Waals surface area (Å²) in [4.78, 5) is 15.2. The standard InChI is InChI=1S/C27H29ClN4O5S/c1-27(2,11-12-32-17-29-23-15-26(37-18-33)22(28)14-24(23)32)30-16-25(34)19-7-6-8-20(13-19)31-38(35,36)21-9-4-3-5-10-21/h3-10,13-15,17-18,25,30-31,34H,11-12,16H2,1-2H3. The minimum Gasteiger partial charge on any atom is -0.427 e. The van der Waals surface area contributed by atoms with Crippen LogP contribution in [0.4, 0.5) is 5.69 Å². The van der Waals surface area contributed by atoms with Gasteiger partial charge in [0.15, 0.2) is 5.75 Å². The van der Waals surface area contributed by atoms with Crippen LogP contribution in [0.25, 0.3) is 11.0 Å². The SMILES string of the molecule is CC(C)(CCn1cnc2cc(OC=O)c(Cl)cc21)NCC(O)c1cccc(NS(=O)(=O)c2ccccc2)c1. The fourth-order valence-corrected chi connectivity index (χ4v) is 5.26. The zero-order valence-electron chi connectivity index (χ0n) is 21.0. The van der Waals surface area contributed by atoms with Crippen molar-refractivity contribution in [3.8, 4) is 5.75 Å². The molecule has 0 spiro atoms. The van der Waals surface area contributed by atoms with E-state index < -0.39 is 16.1 Å². The fourth-order valence-electron chi connectivity index (χ4n) is 3.98. The molecule has 1 atom stereocenters. The summed E-state index contributed by atoms with van der Waals surface area (Å²) in [5, 5.41) is 14.5. The molecule has 1 unspecified atom stereocenters. The molecule has 0 fully saturated rings. The molecule has 0 bridgehead atoms. The number of aromatic nitrogens is 2. The van der Waals surface area contributed by atoms with Crippen LogP contribution in [-0.2, 0) is 21.4 Å². The molecule has 0 amide bonds. The van der Waals surface area contributed by atoms with Gasteiger partial charge in [0.25, 0.3) is 16.5 Å². The predicted molar refractivity (Wildman–Crippen MR) is 147 cm³/mol. The molecule has 0 saturated carbocycles. The van der Waals surface area contributed by atoms with Crippen molar-refractivity contribution in [3.05, 3.63) is 83.6 Å². The number of ether oxygens (including phenoxy) is 1. The number of fused-ring (bicyclic) bond motifs is 1. The number of halogens is 1.